The third-order valence-electron chi connectivity index (χ3n) is 2.98. The Hall–Kier alpha value is -0.650. The number of alkyl halides is 1. The number of aromatic nitrogens is 3. The lowest BCUT2D eigenvalue weighted by atomic mass is 10.2. The van der Waals surface area contributed by atoms with Crippen molar-refractivity contribution in [3.05, 3.63) is 11.6 Å². The maximum absolute atomic E-state index is 5.85. The molecule has 0 radical (unpaired) electrons. The smallest absolute Gasteiger partial charge is 0.148 e. The van der Waals surface area contributed by atoms with Crippen LogP contribution in [-0.4, -0.2) is 41.2 Å². The molecule has 0 amide bonds. The van der Waals surface area contributed by atoms with E-state index in [1.165, 1.54) is 0 Å². The summed E-state index contributed by atoms with van der Waals surface area (Å²) >= 11 is 5.85. The summed E-state index contributed by atoms with van der Waals surface area (Å²) in [4.78, 5) is 0. The highest BCUT2D eigenvalue weighted by atomic mass is 35.5. The third kappa shape index (κ3) is 3.18. The third-order valence-corrected chi connectivity index (χ3v) is 3.22. The quantitative estimate of drug-likeness (QED) is 0.725. The molecule has 17 heavy (non-hydrogen) atoms. The molecule has 1 unspecified atom stereocenters. The summed E-state index contributed by atoms with van der Waals surface area (Å²) in [5.41, 5.74) is 0. The van der Waals surface area contributed by atoms with Crippen LogP contribution in [0.5, 0.6) is 0 Å². The number of nitrogens with zero attached hydrogens (tertiary/aromatic N) is 3. The molecular weight excluding hydrogens is 242 g/mol. The number of halogens is 1. The van der Waals surface area contributed by atoms with E-state index >= 15 is 0 Å². The monoisotopic (exact) mass is 259 g/mol. The van der Waals surface area contributed by atoms with Crippen molar-refractivity contribution in [2.75, 3.05) is 20.3 Å². The largest absolute Gasteiger partial charge is 0.383 e. The minimum absolute atomic E-state index is 0.281. The van der Waals surface area contributed by atoms with Crippen molar-refractivity contribution < 1.29 is 9.47 Å². The van der Waals surface area contributed by atoms with Crippen LogP contribution in [0.15, 0.2) is 0 Å². The van der Waals surface area contributed by atoms with Gasteiger partial charge in [-0.05, 0) is 12.8 Å². The Kier molecular flexibility index (Phi) is 4.76. The molecule has 1 saturated heterocycles. The molecule has 5 nitrogen and oxygen atoms in total. The van der Waals surface area contributed by atoms with Crippen molar-refractivity contribution in [2.45, 2.75) is 37.8 Å². The Morgan fingerprint density at radius 2 is 2.29 bits per heavy atom. The molecule has 0 saturated carbocycles. The lowest BCUT2D eigenvalue weighted by molar-refractivity contribution is 0.108. The minimum atomic E-state index is 0.281. The van der Waals surface area contributed by atoms with E-state index in [9.17, 15) is 0 Å². The van der Waals surface area contributed by atoms with Crippen LogP contribution < -0.4 is 0 Å². The van der Waals surface area contributed by atoms with Crippen LogP contribution in [-0.2, 0) is 28.3 Å². The highest BCUT2D eigenvalue weighted by Crippen LogP contribution is 2.17. The van der Waals surface area contributed by atoms with Gasteiger partial charge >= 0.3 is 0 Å². The van der Waals surface area contributed by atoms with Gasteiger partial charge in [0.05, 0.1) is 18.6 Å². The molecule has 0 spiro atoms. The van der Waals surface area contributed by atoms with Crippen molar-refractivity contribution in [3.63, 3.8) is 0 Å². The van der Waals surface area contributed by atoms with Crippen molar-refractivity contribution in [2.24, 2.45) is 0 Å². The molecule has 1 aromatic heterocycles. The fourth-order valence-corrected chi connectivity index (χ4v) is 2.27. The summed E-state index contributed by atoms with van der Waals surface area (Å²) < 4.78 is 12.7. The maximum atomic E-state index is 5.85. The van der Waals surface area contributed by atoms with Gasteiger partial charge in [0.15, 0.2) is 0 Å². The highest BCUT2D eigenvalue weighted by Gasteiger charge is 2.20. The molecule has 1 fully saturated rings. The SMILES string of the molecule is COCCn1c(CCl)nnc1CC1CCCO1. The molecule has 0 bridgehead atoms. The molecule has 1 atom stereocenters. The fraction of sp³-hybridized carbons (Fsp3) is 0.818. The Morgan fingerprint density at radius 3 is 2.94 bits per heavy atom. The highest BCUT2D eigenvalue weighted by molar-refractivity contribution is 6.16. The lowest BCUT2D eigenvalue weighted by Gasteiger charge is -2.11. The summed E-state index contributed by atoms with van der Waals surface area (Å²) in [7, 11) is 1.69. The van der Waals surface area contributed by atoms with Crippen LogP contribution in [0.4, 0.5) is 0 Å². The fourth-order valence-electron chi connectivity index (χ4n) is 2.07. The predicted molar refractivity (Wildman–Crippen MR) is 64.1 cm³/mol. The van der Waals surface area contributed by atoms with Crippen molar-refractivity contribution in [1.29, 1.82) is 0 Å². The Labute approximate surface area is 106 Å². The Balaban J connectivity index is 2.05. The topological polar surface area (TPSA) is 49.2 Å². The second kappa shape index (κ2) is 6.33. The average molecular weight is 260 g/mol. The molecular formula is C11H18ClN3O2. The van der Waals surface area contributed by atoms with Gasteiger partial charge in [-0.2, -0.15) is 0 Å². The molecule has 1 aromatic rings. The van der Waals surface area contributed by atoms with E-state index in [0.29, 0.717) is 12.5 Å². The Morgan fingerprint density at radius 1 is 1.47 bits per heavy atom. The maximum Gasteiger partial charge on any atom is 0.148 e. The van der Waals surface area contributed by atoms with Crippen LogP contribution >= 0.6 is 11.6 Å². The number of hydrogen-bond donors (Lipinski definition) is 0. The van der Waals surface area contributed by atoms with Gasteiger partial charge in [-0.1, -0.05) is 0 Å². The molecule has 2 rings (SSSR count). The zero-order valence-corrected chi connectivity index (χ0v) is 10.8. The zero-order chi connectivity index (χ0) is 12.1. The van der Waals surface area contributed by atoms with E-state index < -0.39 is 0 Å². The molecule has 0 N–H and O–H groups in total. The molecule has 2 heterocycles. The summed E-state index contributed by atoms with van der Waals surface area (Å²) in [6, 6.07) is 0. The molecule has 96 valence electrons. The number of ether oxygens (including phenoxy) is 2. The van der Waals surface area contributed by atoms with Gasteiger partial charge in [0.25, 0.3) is 0 Å². The average Bonchev–Trinajstić information content (AvgIpc) is 2.97. The van der Waals surface area contributed by atoms with E-state index in [4.69, 9.17) is 21.1 Å². The first kappa shape index (κ1) is 12.8. The van der Waals surface area contributed by atoms with E-state index in [0.717, 1.165) is 44.1 Å². The predicted octanol–water partition coefficient (Wildman–Crippen LogP) is 1.38. The van der Waals surface area contributed by atoms with Gasteiger partial charge in [-0.3, -0.25) is 0 Å². The summed E-state index contributed by atoms with van der Waals surface area (Å²) in [6.45, 7) is 2.24. The van der Waals surface area contributed by atoms with E-state index in [1.54, 1.807) is 7.11 Å². The van der Waals surface area contributed by atoms with Crippen molar-refractivity contribution >= 4 is 11.6 Å². The molecule has 6 heteroatoms. The van der Waals surface area contributed by atoms with Gasteiger partial charge in [-0.15, -0.1) is 21.8 Å². The first-order valence-corrected chi connectivity index (χ1v) is 6.46. The van der Waals surface area contributed by atoms with E-state index in [1.807, 2.05) is 4.57 Å². The minimum Gasteiger partial charge on any atom is -0.383 e. The number of methoxy groups -OCH3 is 1. The van der Waals surface area contributed by atoms with Crippen molar-refractivity contribution in [1.82, 2.24) is 14.8 Å². The summed E-state index contributed by atoms with van der Waals surface area (Å²) in [5, 5.41) is 8.30. The van der Waals surface area contributed by atoms with Gasteiger partial charge < -0.3 is 14.0 Å². The van der Waals surface area contributed by atoms with Crippen LogP contribution in [0.1, 0.15) is 24.5 Å². The van der Waals surface area contributed by atoms with Gasteiger partial charge in [0.1, 0.15) is 11.6 Å². The van der Waals surface area contributed by atoms with Gasteiger partial charge in [0.2, 0.25) is 0 Å². The molecule has 1 aliphatic heterocycles. The molecule has 1 aliphatic rings. The normalized spacial score (nSPS) is 20.0. The van der Waals surface area contributed by atoms with E-state index in [-0.39, 0.29) is 6.10 Å². The number of rotatable bonds is 6. The van der Waals surface area contributed by atoms with E-state index in [2.05, 4.69) is 10.2 Å². The second-order valence-corrected chi connectivity index (χ2v) is 4.42. The number of hydrogen-bond acceptors (Lipinski definition) is 4. The van der Waals surface area contributed by atoms with Crippen LogP contribution in [0.2, 0.25) is 0 Å². The summed E-state index contributed by atoms with van der Waals surface area (Å²) in [5.74, 6) is 2.13. The lowest BCUT2D eigenvalue weighted by Crippen LogP contribution is -2.16. The molecule has 0 aromatic carbocycles. The van der Waals surface area contributed by atoms with Gasteiger partial charge in [0, 0.05) is 26.7 Å². The van der Waals surface area contributed by atoms with Crippen LogP contribution in [0, 0.1) is 0 Å². The second-order valence-electron chi connectivity index (χ2n) is 4.15. The molecule has 0 aliphatic carbocycles. The first-order chi connectivity index (χ1) is 8.35. The van der Waals surface area contributed by atoms with Crippen LogP contribution in [0.3, 0.4) is 0 Å². The zero-order valence-electron chi connectivity index (χ0n) is 10.1. The Bertz CT molecular complexity index is 350. The standard InChI is InChI=1S/C11H18ClN3O2/c1-16-6-4-15-10(13-14-11(15)8-12)7-9-3-2-5-17-9/h9H,2-8H2,1H3. The van der Waals surface area contributed by atoms with Crippen molar-refractivity contribution in [3.8, 4) is 0 Å². The first-order valence-electron chi connectivity index (χ1n) is 5.92. The van der Waals surface area contributed by atoms with Gasteiger partial charge in [-0.25, -0.2) is 0 Å². The summed E-state index contributed by atoms with van der Waals surface area (Å²) in [6.07, 6.45) is 3.34. The van der Waals surface area contributed by atoms with Crippen LogP contribution in [0.25, 0.3) is 0 Å².